The Morgan fingerprint density at radius 3 is 2.69 bits per heavy atom. The van der Waals surface area contributed by atoms with Crippen molar-refractivity contribution in [3.8, 4) is 0 Å². The molecule has 1 N–H and O–H groups in total. The normalized spacial score (nSPS) is 15.8. The first-order valence-corrected chi connectivity index (χ1v) is 8.91. The molecule has 3 rings (SSSR count). The molecule has 2 aromatic heterocycles. The van der Waals surface area contributed by atoms with Gasteiger partial charge in [-0.1, -0.05) is 11.6 Å². The van der Waals surface area contributed by atoms with Crippen LogP contribution in [-0.4, -0.2) is 46.4 Å². The van der Waals surface area contributed by atoms with Gasteiger partial charge in [0, 0.05) is 31.6 Å². The molecule has 7 nitrogen and oxygen atoms in total. The molecule has 1 aliphatic heterocycles. The highest BCUT2D eigenvalue weighted by Gasteiger charge is 2.26. The predicted octanol–water partition coefficient (Wildman–Crippen LogP) is 3.38. The van der Waals surface area contributed by atoms with E-state index in [1.165, 1.54) is 17.0 Å². The summed E-state index contributed by atoms with van der Waals surface area (Å²) in [7, 11) is 0. The van der Waals surface area contributed by atoms with Gasteiger partial charge in [-0.05, 0) is 39.7 Å². The van der Waals surface area contributed by atoms with Crippen LogP contribution in [0.1, 0.15) is 44.0 Å². The van der Waals surface area contributed by atoms with Crippen LogP contribution in [0.4, 0.5) is 4.79 Å². The zero-order valence-electron chi connectivity index (χ0n) is 15.0. The van der Waals surface area contributed by atoms with Gasteiger partial charge in [-0.25, -0.2) is 9.36 Å². The molecule has 0 unspecified atom stereocenters. The number of carbonyl (C=O) groups excluding carboxylic acids is 2. The van der Waals surface area contributed by atoms with E-state index < -0.39 is 11.7 Å². The van der Waals surface area contributed by atoms with Crippen LogP contribution in [0.3, 0.4) is 0 Å². The van der Waals surface area contributed by atoms with Gasteiger partial charge in [0.2, 0.25) is 0 Å². The smallest absolute Gasteiger partial charge is 0.419 e. The van der Waals surface area contributed by atoms with Crippen LogP contribution >= 0.6 is 11.6 Å². The summed E-state index contributed by atoms with van der Waals surface area (Å²) in [5.41, 5.74) is 0.348. The number of hydrogen-bond donors (Lipinski definition) is 1. The van der Waals surface area contributed by atoms with Gasteiger partial charge in [-0.2, -0.15) is 0 Å². The van der Waals surface area contributed by atoms with Gasteiger partial charge in [0.1, 0.15) is 11.1 Å². The molecule has 0 spiro atoms. The summed E-state index contributed by atoms with van der Waals surface area (Å²) in [6.45, 7) is 6.56. The first-order valence-electron chi connectivity index (χ1n) is 8.54. The number of hydrogen-bond acceptors (Lipinski definition) is 5. The number of pyridine rings is 1. The summed E-state index contributed by atoms with van der Waals surface area (Å²) in [4.78, 5) is 29.6. The van der Waals surface area contributed by atoms with Crippen LogP contribution in [0.25, 0.3) is 11.0 Å². The standard InChI is InChI=1S/C18H22ClN3O4/c1-18(2,3)26-17(24)22-10-12(14-15(22)13(19)4-7-20-14)16(23)21-11-5-8-25-9-6-11/h4,7,10-11H,5-6,8-9H2,1-3H3,(H,21,23). The van der Waals surface area contributed by atoms with Gasteiger partial charge in [0.05, 0.1) is 16.1 Å². The lowest BCUT2D eigenvalue weighted by Crippen LogP contribution is -2.38. The molecule has 140 valence electrons. The molecule has 1 fully saturated rings. The Morgan fingerprint density at radius 2 is 2.04 bits per heavy atom. The first kappa shape index (κ1) is 18.7. The summed E-state index contributed by atoms with van der Waals surface area (Å²) < 4.78 is 12.0. The molecule has 26 heavy (non-hydrogen) atoms. The highest BCUT2D eigenvalue weighted by Crippen LogP contribution is 2.27. The second-order valence-electron chi connectivity index (χ2n) is 7.24. The van der Waals surface area contributed by atoms with Gasteiger partial charge >= 0.3 is 6.09 Å². The number of ether oxygens (including phenoxy) is 2. The fraction of sp³-hybridized carbons (Fsp3) is 0.500. The Labute approximate surface area is 156 Å². The summed E-state index contributed by atoms with van der Waals surface area (Å²) in [6, 6.07) is 1.61. The Bertz CT molecular complexity index is 835. The van der Waals surface area contributed by atoms with Crippen molar-refractivity contribution in [3.05, 3.63) is 29.0 Å². The van der Waals surface area contributed by atoms with Gasteiger partial charge in [-0.15, -0.1) is 0 Å². The van der Waals surface area contributed by atoms with Crippen LogP contribution in [0.2, 0.25) is 5.02 Å². The summed E-state index contributed by atoms with van der Waals surface area (Å²) in [6.07, 6.45) is 3.85. The number of nitrogens with zero attached hydrogens (tertiary/aromatic N) is 2. The minimum atomic E-state index is -0.674. The number of nitrogens with one attached hydrogen (secondary N) is 1. The molecule has 3 heterocycles. The van der Waals surface area contributed by atoms with Gasteiger partial charge < -0.3 is 14.8 Å². The van der Waals surface area contributed by atoms with E-state index in [1.54, 1.807) is 26.8 Å². The fourth-order valence-corrected chi connectivity index (χ4v) is 3.07. The van der Waals surface area contributed by atoms with Crippen molar-refractivity contribution in [2.75, 3.05) is 13.2 Å². The number of fused-ring (bicyclic) bond motifs is 1. The van der Waals surface area contributed by atoms with Gasteiger partial charge in [0.25, 0.3) is 5.91 Å². The monoisotopic (exact) mass is 379 g/mol. The zero-order chi connectivity index (χ0) is 18.9. The molecule has 2 aromatic rings. The highest BCUT2D eigenvalue weighted by molar-refractivity contribution is 6.35. The third-order valence-corrected chi connectivity index (χ3v) is 4.33. The van der Waals surface area contributed by atoms with Crippen LogP contribution in [0, 0.1) is 0 Å². The van der Waals surface area contributed by atoms with Crippen LogP contribution in [-0.2, 0) is 9.47 Å². The molecule has 0 radical (unpaired) electrons. The maximum atomic E-state index is 12.8. The Hall–Kier alpha value is -2.12. The SMILES string of the molecule is CC(C)(C)OC(=O)n1cc(C(=O)NC2CCOCC2)c2nccc(Cl)c21. The lowest BCUT2D eigenvalue weighted by molar-refractivity contribution is 0.0544. The van der Waals surface area contributed by atoms with Crippen molar-refractivity contribution in [1.82, 2.24) is 14.9 Å². The van der Waals surface area contributed by atoms with Crippen molar-refractivity contribution in [3.63, 3.8) is 0 Å². The molecular weight excluding hydrogens is 358 g/mol. The van der Waals surface area contributed by atoms with Gasteiger partial charge in [-0.3, -0.25) is 9.78 Å². The van der Waals surface area contributed by atoms with E-state index in [4.69, 9.17) is 21.1 Å². The number of amides is 1. The third kappa shape index (κ3) is 3.99. The molecule has 0 saturated carbocycles. The van der Waals surface area contributed by atoms with Crippen LogP contribution in [0.15, 0.2) is 18.5 Å². The van der Waals surface area contributed by atoms with E-state index in [-0.39, 0.29) is 11.9 Å². The summed E-state index contributed by atoms with van der Waals surface area (Å²) in [5, 5.41) is 3.30. The van der Waals surface area contributed by atoms with Crippen LogP contribution < -0.4 is 5.32 Å². The topological polar surface area (TPSA) is 82.5 Å². The van der Waals surface area contributed by atoms with E-state index in [2.05, 4.69) is 10.3 Å². The largest absolute Gasteiger partial charge is 0.443 e. The van der Waals surface area contributed by atoms with Crippen molar-refractivity contribution < 1.29 is 19.1 Å². The highest BCUT2D eigenvalue weighted by atomic mass is 35.5. The van der Waals surface area contributed by atoms with Crippen molar-refractivity contribution in [2.45, 2.75) is 45.3 Å². The average molecular weight is 380 g/mol. The van der Waals surface area contributed by atoms with Crippen molar-refractivity contribution in [2.24, 2.45) is 0 Å². The first-order chi connectivity index (χ1) is 12.3. The molecule has 1 amide bonds. The number of carbonyl (C=O) groups is 2. The quantitative estimate of drug-likeness (QED) is 0.864. The minimum absolute atomic E-state index is 0.0374. The maximum absolute atomic E-state index is 12.8. The molecule has 1 aliphatic rings. The van der Waals surface area contributed by atoms with Crippen molar-refractivity contribution >= 4 is 34.6 Å². The van der Waals surface area contributed by atoms with E-state index in [9.17, 15) is 9.59 Å². The molecule has 8 heteroatoms. The lowest BCUT2D eigenvalue weighted by atomic mass is 10.1. The van der Waals surface area contributed by atoms with E-state index >= 15 is 0 Å². The molecule has 1 saturated heterocycles. The molecule has 0 bridgehead atoms. The predicted molar refractivity (Wildman–Crippen MR) is 97.7 cm³/mol. The molecule has 0 aliphatic carbocycles. The molecule has 0 aromatic carbocycles. The molecular formula is C18H22ClN3O4. The second-order valence-corrected chi connectivity index (χ2v) is 7.65. The lowest BCUT2D eigenvalue weighted by Gasteiger charge is -2.22. The number of rotatable bonds is 2. The third-order valence-electron chi connectivity index (χ3n) is 4.02. The fourth-order valence-electron chi connectivity index (χ4n) is 2.84. The zero-order valence-corrected chi connectivity index (χ0v) is 15.8. The maximum Gasteiger partial charge on any atom is 0.419 e. The number of aromatic nitrogens is 2. The van der Waals surface area contributed by atoms with E-state index in [1.807, 2.05) is 0 Å². The Balaban J connectivity index is 1.97. The Morgan fingerprint density at radius 1 is 1.35 bits per heavy atom. The second kappa shape index (κ2) is 7.25. The minimum Gasteiger partial charge on any atom is -0.443 e. The van der Waals surface area contributed by atoms with E-state index in [0.717, 1.165) is 12.8 Å². The molecule has 0 atom stereocenters. The average Bonchev–Trinajstić information content (AvgIpc) is 2.95. The van der Waals surface area contributed by atoms with E-state index in [0.29, 0.717) is 34.8 Å². The Kier molecular flexibility index (Phi) is 5.20. The van der Waals surface area contributed by atoms with Gasteiger partial charge in [0.15, 0.2) is 0 Å². The van der Waals surface area contributed by atoms with Crippen molar-refractivity contribution in [1.29, 1.82) is 0 Å². The summed E-state index contributed by atoms with van der Waals surface area (Å²) >= 11 is 6.27. The number of halogens is 1. The van der Waals surface area contributed by atoms with Crippen LogP contribution in [0.5, 0.6) is 0 Å². The summed E-state index contributed by atoms with van der Waals surface area (Å²) in [5.74, 6) is -0.293.